The molecule has 49 heavy (non-hydrogen) atoms. The van der Waals surface area contributed by atoms with Crippen molar-refractivity contribution in [1.82, 2.24) is 0 Å². The fourth-order valence-corrected chi connectivity index (χ4v) is 7.43. The lowest BCUT2D eigenvalue weighted by atomic mass is 9.80. The highest BCUT2D eigenvalue weighted by molar-refractivity contribution is 5.86. The van der Waals surface area contributed by atoms with Crippen molar-refractivity contribution in [2.75, 3.05) is 4.90 Å². The molecule has 5 aromatic carbocycles. The summed E-state index contributed by atoms with van der Waals surface area (Å²) in [6, 6.07) is 43.9. The third-order valence-corrected chi connectivity index (χ3v) is 9.83. The second kappa shape index (κ2) is 12.2. The number of anilines is 3. The van der Waals surface area contributed by atoms with Gasteiger partial charge in [-0.25, -0.2) is 0 Å². The van der Waals surface area contributed by atoms with Gasteiger partial charge in [0.15, 0.2) is 0 Å². The molecule has 0 aliphatic carbocycles. The average molecular weight is 648 g/mol. The summed E-state index contributed by atoms with van der Waals surface area (Å²) in [5, 5.41) is 0. The summed E-state index contributed by atoms with van der Waals surface area (Å²) in [7, 11) is 0. The van der Waals surface area contributed by atoms with Crippen molar-refractivity contribution in [2.45, 2.75) is 70.9 Å². The Morgan fingerprint density at radius 3 is 1.43 bits per heavy atom. The highest BCUT2D eigenvalue weighted by atomic mass is 16.5. The molecule has 0 saturated carbocycles. The molecule has 4 aliphatic heterocycles. The van der Waals surface area contributed by atoms with Crippen LogP contribution in [0.5, 0.6) is 11.5 Å². The molecule has 4 heterocycles. The molecule has 5 aromatic rings. The molecule has 4 aliphatic rings. The molecule has 0 saturated heterocycles. The molecule has 248 valence electrons. The van der Waals surface area contributed by atoms with Crippen LogP contribution in [0.3, 0.4) is 0 Å². The largest absolute Gasteiger partial charge is 0.457 e. The van der Waals surface area contributed by atoms with E-state index < -0.39 is 11.2 Å². The highest BCUT2D eigenvalue weighted by Gasteiger charge is 2.51. The van der Waals surface area contributed by atoms with Crippen molar-refractivity contribution in [1.29, 1.82) is 0 Å². The van der Waals surface area contributed by atoms with Gasteiger partial charge < -0.3 is 19.1 Å². The minimum atomic E-state index is -0.550. The Balaban J connectivity index is 0.000000153. The van der Waals surface area contributed by atoms with Crippen LogP contribution in [0.1, 0.15) is 70.7 Å². The highest BCUT2D eigenvalue weighted by Crippen LogP contribution is 2.58. The fourth-order valence-electron chi connectivity index (χ4n) is 7.43. The molecule has 0 radical (unpaired) electrons. The van der Waals surface area contributed by atoms with Crippen LogP contribution >= 0.6 is 0 Å². The van der Waals surface area contributed by atoms with E-state index in [0.717, 1.165) is 28.3 Å². The van der Waals surface area contributed by atoms with Gasteiger partial charge in [-0.1, -0.05) is 111 Å². The maximum atomic E-state index is 6.81. The summed E-state index contributed by atoms with van der Waals surface area (Å²) in [5.41, 5.74) is 7.63. The quantitative estimate of drug-likeness (QED) is 0.169. The monoisotopic (exact) mass is 647 g/mol. The van der Waals surface area contributed by atoms with Crippen LogP contribution in [-0.4, -0.2) is 11.2 Å². The van der Waals surface area contributed by atoms with Crippen LogP contribution in [0.25, 0.3) is 0 Å². The topological polar surface area (TPSA) is 30.9 Å². The van der Waals surface area contributed by atoms with E-state index in [4.69, 9.17) is 14.2 Å². The summed E-state index contributed by atoms with van der Waals surface area (Å²) >= 11 is 0. The number of para-hydroxylation sites is 5. The van der Waals surface area contributed by atoms with Crippen LogP contribution in [-0.2, 0) is 20.7 Å². The summed E-state index contributed by atoms with van der Waals surface area (Å²) in [6.45, 7) is 14.6. The van der Waals surface area contributed by atoms with Crippen LogP contribution in [0.15, 0.2) is 151 Å². The SMILES string of the molecule is CC.CC1(C)C=CC2(O1)c1ccccc1Oc1ccccc12.CC1=CC2(OC1(C)C)c1ccccc1N(c1ccccc1)c1ccccc12. The fraction of sp³-hybridized carbons (Fsp3) is 0.244. The molecule has 0 fully saturated rings. The van der Waals surface area contributed by atoms with Crippen molar-refractivity contribution in [3.63, 3.8) is 0 Å². The first-order chi connectivity index (χ1) is 23.6. The lowest BCUT2D eigenvalue weighted by Crippen LogP contribution is -2.38. The maximum Gasteiger partial charge on any atom is 0.145 e. The number of hydrogen-bond acceptors (Lipinski definition) is 4. The number of fused-ring (bicyclic) bond motifs is 8. The van der Waals surface area contributed by atoms with E-state index in [-0.39, 0.29) is 11.2 Å². The van der Waals surface area contributed by atoms with Crippen LogP contribution in [0.2, 0.25) is 0 Å². The van der Waals surface area contributed by atoms with Gasteiger partial charge >= 0.3 is 0 Å². The zero-order valence-corrected chi connectivity index (χ0v) is 29.5. The zero-order valence-electron chi connectivity index (χ0n) is 29.5. The maximum absolute atomic E-state index is 6.81. The summed E-state index contributed by atoms with van der Waals surface area (Å²) < 4.78 is 19.3. The van der Waals surface area contributed by atoms with E-state index >= 15 is 0 Å². The molecule has 9 rings (SSSR count). The van der Waals surface area contributed by atoms with Gasteiger partial charge in [-0.2, -0.15) is 0 Å². The van der Waals surface area contributed by atoms with E-state index in [1.165, 1.54) is 28.1 Å². The average Bonchev–Trinajstić information content (AvgIpc) is 3.58. The van der Waals surface area contributed by atoms with Crippen molar-refractivity contribution < 1.29 is 14.2 Å². The summed E-state index contributed by atoms with van der Waals surface area (Å²) in [4.78, 5) is 2.34. The van der Waals surface area contributed by atoms with Crippen molar-refractivity contribution in [2.24, 2.45) is 0 Å². The first kappa shape index (κ1) is 32.6. The summed E-state index contributed by atoms with van der Waals surface area (Å²) in [5.74, 6) is 1.74. The second-order valence-electron chi connectivity index (χ2n) is 13.7. The third kappa shape index (κ3) is 5.31. The molecule has 4 nitrogen and oxygen atoms in total. The van der Waals surface area contributed by atoms with E-state index in [1.54, 1.807) is 0 Å². The predicted octanol–water partition coefficient (Wildman–Crippen LogP) is 11.9. The van der Waals surface area contributed by atoms with Gasteiger partial charge in [0.2, 0.25) is 0 Å². The van der Waals surface area contributed by atoms with Crippen LogP contribution in [0.4, 0.5) is 17.1 Å². The predicted molar refractivity (Wildman–Crippen MR) is 200 cm³/mol. The zero-order chi connectivity index (χ0) is 34.4. The van der Waals surface area contributed by atoms with E-state index in [9.17, 15) is 0 Å². The Hall–Kier alpha value is -4.90. The molecular formula is C45H45NO3. The number of nitrogens with zero attached hydrogens (tertiary/aromatic N) is 1. The molecule has 4 heteroatoms. The van der Waals surface area contributed by atoms with Gasteiger partial charge in [0.1, 0.15) is 22.7 Å². The van der Waals surface area contributed by atoms with Gasteiger partial charge in [0.25, 0.3) is 0 Å². The number of hydrogen-bond donors (Lipinski definition) is 0. The lowest BCUT2D eigenvalue weighted by Gasteiger charge is -2.43. The van der Waals surface area contributed by atoms with E-state index in [1.807, 2.05) is 50.2 Å². The van der Waals surface area contributed by atoms with Gasteiger partial charge in [-0.15, -0.1) is 0 Å². The molecular weight excluding hydrogens is 602 g/mol. The van der Waals surface area contributed by atoms with Gasteiger partial charge in [0, 0.05) is 27.9 Å². The molecule has 0 atom stereocenters. The lowest BCUT2D eigenvalue weighted by molar-refractivity contribution is -0.0544. The Labute approximate surface area is 291 Å². The first-order valence-electron chi connectivity index (χ1n) is 17.4. The number of rotatable bonds is 1. The first-order valence-corrected chi connectivity index (χ1v) is 17.4. The standard InChI is InChI=1S/C25H23NO.C18H16O2.C2H6/c1-18-17-25(27-24(18,2)3)20-13-7-9-15-22(20)26(19-11-5-4-6-12-19)23-16-10-8-14-21(23)25;1-17(2)11-12-18(20-17)13-7-3-5-9-15(13)19-16-10-6-4-8-14(16)18;1-2/h4-17H,1-3H3;3-12H,1-2H3;1-2H3. The molecule has 0 bridgehead atoms. The van der Waals surface area contributed by atoms with Crippen molar-refractivity contribution >= 4 is 17.1 Å². The van der Waals surface area contributed by atoms with Crippen molar-refractivity contribution in [3.8, 4) is 11.5 Å². The van der Waals surface area contributed by atoms with Crippen molar-refractivity contribution in [3.05, 3.63) is 173 Å². The Kier molecular flexibility index (Phi) is 8.13. The van der Waals surface area contributed by atoms with E-state index in [2.05, 4.69) is 149 Å². The molecule has 0 unspecified atom stereocenters. The smallest absolute Gasteiger partial charge is 0.145 e. The molecule has 0 amide bonds. The second-order valence-corrected chi connectivity index (χ2v) is 13.7. The van der Waals surface area contributed by atoms with Gasteiger partial charge in [-0.05, 0) is 88.7 Å². The molecule has 0 N–H and O–H groups in total. The van der Waals surface area contributed by atoms with Crippen LogP contribution in [0, 0.1) is 0 Å². The molecule has 2 spiro atoms. The van der Waals surface area contributed by atoms with E-state index in [0.29, 0.717) is 0 Å². The minimum Gasteiger partial charge on any atom is -0.457 e. The number of benzene rings is 5. The Morgan fingerprint density at radius 1 is 0.490 bits per heavy atom. The van der Waals surface area contributed by atoms with Gasteiger partial charge in [-0.3, -0.25) is 0 Å². The summed E-state index contributed by atoms with van der Waals surface area (Å²) in [6.07, 6.45) is 6.60. The van der Waals surface area contributed by atoms with Crippen LogP contribution < -0.4 is 9.64 Å². The normalized spacial score (nSPS) is 18.8. The van der Waals surface area contributed by atoms with Gasteiger partial charge in [0.05, 0.1) is 22.6 Å². The Morgan fingerprint density at radius 2 is 0.959 bits per heavy atom. The minimum absolute atomic E-state index is 0.280. The third-order valence-electron chi connectivity index (χ3n) is 9.83. The Bertz CT molecular complexity index is 1960. The number of ether oxygens (including phenoxy) is 3. The molecule has 0 aromatic heterocycles.